The van der Waals surface area contributed by atoms with Crippen molar-refractivity contribution in [2.24, 2.45) is 0 Å². The van der Waals surface area contributed by atoms with Crippen LogP contribution in [0.5, 0.6) is 17.2 Å². The van der Waals surface area contributed by atoms with Crippen LogP contribution in [0.15, 0.2) is 89.8 Å². The molecule has 0 spiro atoms. The van der Waals surface area contributed by atoms with Gasteiger partial charge in [-0.3, -0.25) is 4.31 Å². The van der Waals surface area contributed by atoms with Crippen molar-refractivity contribution in [3.8, 4) is 28.6 Å². The Hall–Kier alpha value is -5.72. The smallest absolute Gasteiger partial charge is 0.410 e. The van der Waals surface area contributed by atoms with Crippen molar-refractivity contribution in [3.05, 3.63) is 105 Å². The summed E-state index contributed by atoms with van der Waals surface area (Å²) in [5, 5.41) is 16.0. The quantitative estimate of drug-likeness (QED) is 0.0826. The van der Waals surface area contributed by atoms with Gasteiger partial charge in [0.2, 0.25) is 26.7 Å². The van der Waals surface area contributed by atoms with Gasteiger partial charge >= 0.3 is 12.2 Å². The molecule has 1 aliphatic rings. The minimum absolute atomic E-state index is 0.0333. The average molecular weight is 1080 g/mol. The molecule has 6 rings (SSSR count). The number of aromatic nitrogens is 4. The van der Waals surface area contributed by atoms with Crippen LogP contribution in [-0.4, -0.2) is 116 Å². The van der Waals surface area contributed by atoms with Gasteiger partial charge in [0.1, 0.15) is 33.3 Å². The Morgan fingerprint density at radius 2 is 1.27 bits per heavy atom. The van der Waals surface area contributed by atoms with E-state index in [4.69, 9.17) is 23.7 Å². The summed E-state index contributed by atoms with van der Waals surface area (Å²) in [6.45, 7) is 9.34. The van der Waals surface area contributed by atoms with Crippen molar-refractivity contribution in [1.82, 2.24) is 34.7 Å². The van der Waals surface area contributed by atoms with E-state index in [-0.39, 0.29) is 49.8 Å². The predicted molar refractivity (Wildman–Crippen MR) is 258 cm³/mol. The van der Waals surface area contributed by atoms with Crippen molar-refractivity contribution in [2.45, 2.75) is 89.4 Å². The van der Waals surface area contributed by atoms with Crippen LogP contribution in [-0.2, 0) is 50.0 Å². The molecule has 1 saturated heterocycles. The summed E-state index contributed by atoms with van der Waals surface area (Å²) in [7, 11) is -3.97. The van der Waals surface area contributed by atoms with Crippen molar-refractivity contribution < 1.29 is 50.1 Å². The molecule has 22 heteroatoms. The maximum Gasteiger partial charge on any atom is 0.410 e. The number of amides is 2. The lowest BCUT2D eigenvalue weighted by Crippen LogP contribution is -2.52. The molecular weight excluding hydrogens is 1020 g/mol. The van der Waals surface area contributed by atoms with Crippen LogP contribution in [0.2, 0.25) is 0 Å². The summed E-state index contributed by atoms with van der Waals surface area (Å²) in [4.78, 5) is 29.1. The number of thiol groups is 1. The molecule has 0 unspecified atom stereocenters. The van der Waals surface area contributed by atoms with E-state index in [0.717, 1.165) is 9.87 Å². The first-order valence-corrected chi connectivity index (χ1v) is 24.6. The third kappa shape index (κ3) is 12.8. The number of methoxy groups -OCH3 is 3. The number of hydrogen-bond acceptors (Lipinski definition) is 14. The third-order valence-electron chi connectivity index (χ3n) is 10.3. The molecule has 2 heterocycles. The molecule has 1 aromatic heterocycles. The second-order valence-electron chi connectivity index (χ2n) is 17.5. The van der Waals surface area contributed by atoms with Gasteiger partial charge in [-0.2, -0.15) is 9.10 Å². The fraction of sp³-hybridized carbons (Fsp3) is 0.400. The van der Waals surface area contributed by atoms with Gasteiger partial charge in [-0.15, -0.1) is 10.2 Å². The average Bonchev–Trinajstić information content (AvgIpc) is 3.90. The van der Waals surface area contributed by atoms with Crippen molar-refractivity contribution in [1.29, 1.82) is 0 Å². The highest BCUT2D eigenvalue weighted by Crippen LogP contribution is 2.42. The first-order valence-electron chi connectivity index (χ1n) is 21.0. The molecule has 0 aliphatic carbocycles. The predicted octanol–water partition coefficient (Wildman–Crippen LogP) is 6.26. The molecule has 0 bridgehead atoms. The summed E-state index contributed by atoms with van der Waals surface area (Å²) in [5.74, 6) is 1.65. The number of tetrazole rings is 1. The summed E-state index contributed by atoms with van der Waals surface area (Å²) in [5.41, 5.74) is -0.213. The first-order chi connectivity index (χ1) is 31.6. The van der Waals surface area contributed by atoms with Crippen molar-refractivity contribution >= 4 is 61.4 Å². The number of ether oxygens (including phenoxy) is 5. The lowest BCUT2D eigenvalue weighted by atomic mass is 10.1. The number of likely N-dealkylation sites (tertiary alicyclic amines) is 1. The molecule has 0 radical (unpaired) electrons. The molecule has 19 nitrogen and oxygen atoms in total. The Morgan fingerprint density at radius 1 is 0.761 bits per heavy atom. The van der Waals surface area contributed by atoms with Crippen LogP contribution in [0.25, 0.3) is 11.4 Å². The fourth-order valence-electron chi connectivity index (χ4n) is 7.22. The van der Waals surface area contributed by atoms with Crippen LogP contribution in [0.4, 0.5) is 15.3 Å². The van der Waals surface area contributed by atoms with Crippen LogP contribution < -0.4 is 23.8 Å². The number of benzene rings is 4. The fourth-order valence-corrected chi connectivity index (χ4v) is 10.8. The number of carbonyl (C=O) groups excluding carboxylic acids is 2. The summed E-state index contributed by atoms with van der Waals surface area (Å²) in [6, 6.07) is 21.5. The lowest BCUT2D eigenvalue weighted by molar-refractivity contribution is 0.0281. The second-order valence-corrected chi connectivity index (χ2v) is 21.5. The second kappa shape index (κ2) is 21.1. The van der Waals surface area contributed by atoms with Crippen LogP contribution in [0.1, 0.15) is 58.2 Å². The van der Waals surface area contributed by atoms with Gasteiger partial charge in [-0.05, 0) is 135 Å². The number of sulfonamides is 1. The number of nitrogens with one attached hydrogen (secondary N) is 1. The number of anilines is 1. The van der Waals surface area contributed by atoms with Crippen LogP contribution >= 0.6 is 22.6 Å². The van der Waals surface area contributed by atoms with E-state index in [0.29, 0.717) is 31.9 Å². The van der Waals surface area contributed by atoms with Gasteiger partial charge in [0.25, 0.3) is 0 Å². The molecule has 5 aromatic rings. The molecule has 4 aromatic carbocycles. The number of rotatable bonds is 16. The summed E-state index contributed by atoms with van der Waals surface area (Å²) < 4.78 is 89.7. The zero-order chi connectivity index (χ0) is 48.8. The first kappa shape index (κ1) is 50.7. The molecule has 1 N–H and O–H groups in total. The van der Waals surface area contributed by atoms with Gasteiger partial charge in [-0.25, -0.2) is 26.4 Å². The highest BCUT2D eigenvalue weighted by molar-refractivity contribution is 14.1. The van der Waals surface area contributed by atoms with Crippen molar-refractivity contribution in [3.63, 3.8) is 0 Å². The Balaban J connectivity index is 1.57. The van der Waals surface area contributed by atoms with Gasteiger partial charge in [-0.1, -0.05) is 36.4 Å². The zero-order valence-electron chi connectivity index (χ0n) is 38.6. The van der Waals surface area contributed by atoms with Gasteiger partial charge in [0.15, 0.2) is 0 Å². The normalized spacial score (nSPS) is 15.4. The molecule has 2 atom stereocenters. The zero-order valence-corrected chi connectivity index (χ0v) is 42.5. The third-order valence-corrected chi connectivity index (χ3v) is 13.9. The number of carbonyl (C=O) groups is 2. The summed E-state index contributed by atoms with van der Waals surface area (Å²) in [6.07, 6.45) is -1.65. The molecule has 67 heavy (non-hydrogen) atoms. The topological polar surface area (TPSA) is 214 Å². The molecule has 1 fully saturated rings. The van der Waals surface area contributed by atoms with E-state index in [9.17, 15) is 18.0 Å². The Bertz CT molecular complexity index is 2670. The summed E-state index contributed by atoms with van der Waals surface area (Å²) >= 11 is 1.96. The van der Waals surface area contributed by atoms with E-state index in [1.54, 1.807) is 115 Å². The number of hydrogen-bond donors (Lipinski definition) is 2. The Kier molecular flexibility index (Phi) is 15.9. The lowest BCUT2D eigenvalue weighted by Gasteiger charge is -2.33. The van der Waals surface area contributed by atoms with Crippen LogP contribution in [0, 0.1) is 3.57 Å². The minimum Gasteiger partial charge on any atom is -0.497 e. The van der Waals surface area contributed by atoms with E-state index < -0.39 is 61.3 Å². The molecule has 360 valence electrons. The largest absolute Gasteiger partial charge is 0.497 e. The number of halogens is 1. The standard InChI is InChI=1S/C45H55IN8O11S2/c1-44(2,3)64-42(55)47-36-27-51(43(56)65-45(4,5)6)28-38(36)54(66(57)58)37-23-22-35(46)39(41-48-50-53(49-41)26-31-14-20-34(63-9)21-15-31)40(37)67(59,60)52(24-29-10-16-32(61-7)17-11-29)25-30-12-18-33(62-8)19-13-30/h10-23,36,38,66H,24-28H2,1-9H3,(H,47,55)/t36-,38-/m0/s1. The van der Waals surface area contributed by atoms with E-state index in [1.165, 1.54) is 34.3 Å². The van der Waals surface area contributed by atoms with Gasteiger partial charge < -0.3 is 33.9 Å². The van der Waals surface area contributed by atoms with Gasteiger partial charge in [0.05, 0.1) is 51.2 Å². The Morgan fingerprint density at radius 3 is 1.75 bits per heavy atom. The Labute approximate surface area is 405 Å². The monoisotopic (exact) mass is 1070 g/mol. The number of alkyl carbamates (subject to hydrolysis) is 1. The number of nitrogens with zero attached hydrogens (tertiary/aromatic N) is 7. The van der Waals surface area contributed by atoms with Gasteiger partial charge in [0, 0.05) is 29.7 Å². The van der Waals surface area contributed by atoms with E-state index >= 15 is 8.42 Å². The SMILES string of the molecule is COc1ccc(CN(Cc2ccc(OC)cc2)S(=O)(=O)c2c(N([C@H]3CN(C(=O)OC(C)(C)C)C[C@@H]3NC(=O)OC(C)(C)C)[SH](=O)=O)ccc(I)c2-c2nnn(Cc3ccc(OC)cc3)n2)cc1. The molecule has 1 aliphatic heterocycles. The minimum atomic E-state index is -4.84. The highest BCUT2D eigenvalue weighted by atomic mass is 127. The highest BCUT2D eigenvalue weighted by Gasteiger charge is 2.45. The molecule has 0 saturated carbocycles. The maximum atomic E-state index is 16.0. The molecule has 2 amide bonds. The van der Waals surface area contributed by atoms with E-state index in [1.807, 2.05) is 34.7 Å². The maximum absolute atomic E-state index is 16.0. The molecular formula is C45H55IN8O11S2. The van der Waals surface area contributed by atoms with Crippen LogP contribution in [0.3, 0.4) is 0 Å². The van der Waals surface area contributed by atoms with E-state index in [2.05, 4.69) is 20.7 Å². The van der Waals surface area contributed by atoms with Crippen molar-refractivity contribution in [2.75, 3.05) is 38.7 Å².